The fraction of sp³-hybridized carbons (Fsp3) is 0.0625. The molecule has 2 rings (SSSR count). The summed E-state index contributed by atoms with van der Waals surface area (Å²) < 4.78 is 26.7. The number of carbonyl (C=O) groups is 1. The van der Waals surface area contributed by atoms with E-state index in [1.807, 2.05) is 31.2 Å². The van der Waals surface area contributed by atoms with Crippen molar-refractivity contribution >= 4 is 17.8 Å². The average Bonchev–Trinajstić information content (AvgIpc) is 2.45. The molecule has 0 aliphatic rings. The molecule has 0 fully saturated rings. The van der Waals surface area contributed by atoms with Crippen LogP contribution in [0.3, 0.4) is 0 Å². The Morgan fingerprint density at radius 2 is 1.71 bits per heavy atom. The van der Waals surface area contributed by atoms with Crippen LogP contribution in [0.2, 0.25) is 0 Å². The lowest BCUT2D eigenvalue weighted by Crippen LogP contribution is -2.24. The van der Waals surface area contributed by atoms with E-state index >= 15 is 0 Å². The van der Waals surface area contributed by atoms with E-state index in [-0.39, 0.29) is 0 Å². The number of aryl methyl sites for hydroxylation is 1. The second-order valence-corrected chi connectivity index (χ2v) is 4.39. The highest BCUT2D eigenvalue weighted by Gasteiger charge is 2.10. The summed E-state index contributed by atoms with van der Waals surface area (Å²) in [6, 6.07) is 10.3. The van der Waals surface area contributed by atoms with E-state index in [1.54, 1.807) is 6.08 Å². The second-order valence-electron chi connectivity index (χ2n) is 4.39. The molecule has 0 spiro atoms. The summed E-state index contributed by atoms with van der Waals surface area (Å²) >= 11 is 0. The zero-order valence-electron chi connectivity index (χ0n) is 11.4. The third-order valence-corrected chi connectivity index (χ3v) is 2.87. The van der Waals surface area contributed by atoms with Gasteiger partial charge in [0.25, 0.3) is 0 Å². The van der Waals surface area contributed by atoms with Crippen LogP contribution in [0.4, 0.5) is 19.3 Å². The summed E-state index contributed by atoms with van der Waals surface area (Å²) in [6.45, 7) is 1.94. The van der Waals surface area contributed by atoms with Gasteiger partial charge in [0.15, 0.2) is 0 Å². The molecule has 5 heteroatoms. The molecular formula is C16H14F2N2O. The number of halogens is 2. The van der Waals surface area contributed by atoms with Gasteiger partial charge in [-0.15, -0.1) is 0 Å². The Morgan fingerprint density at radius 3 is 2.38 bits per heavy atom. The van der Waals surface area contributed by atoms with E-state index in [9.17, 15) is 13.6 Å². The Labute approximate surface area is 121 Å². The Balaban J connectivity index is 1.98. The number of hydrogen-bond acceptors (Lipinski definition) is 1. The summed E-state index contributed by atoms with van der Waals surface area (Å²) in [7, 11) is 0. The molecule has 2 aromatic rings. The van der Waals surface area contributed by atoms with Gasteiger partial charge in [0.2, 0.25) is 0 Å². The first-order valence-electron chi connectivity index (χ1n) is 6.31. The third-order valence-electron chi connectivity index (χ3n) is 2.87. The Kier molecular flexibility index (Phi) is 4.66. The van der Waals surface area contributed by atoms with Crippen molar-refractivity contribution in [1.29, 1.82) is 0 Å². The smallest absolute Gasteiger partial charge is 0.314 e. The normalized spacial score (nSPS) is 10.6. The van der Waals surface area contributed by atoms with Crippen LogP contribution >= 0.6 is 0 Å². The van der Waals surface area contributed by atoms with Gasteiger partial charge in [0.1, 0.15) is 17.3 Å². The molecule has 0 aliphatic heterocycles. The summed E-state index contributed by atoms with van der Waals surface area (Å²) in [6.07, 6.45) is 3.11. The number of benzene rings is 2. The highest BCUT2D eigenvalue weighted by atomic mass is 19.1. The molecule has 3 nitrogen and oxygen atoms in total. The first-order chi connectivity index (χ1) is 10.1. The van der Waals surface area contributed by atoms with Crippen LogP contribution in [0, 0.1) is 18.6 Å². The van der Waals surface area contributed by atoms with Crippen molar-refractivity contribution in [3.63, 3.8) is 0 Å². The maximum Gasteiger partial charge on any atom is 0.323 e. The van der Waals surface area contributed by atoms with Crippen molar-refractivity contribution in [3.05, 3.63) is 71.4 Å². The van der Waals surface area contributed by atoms with Gasteiger partial charge < -0.3 is 10.6 Å². The fourth-order valence-electron chi connectivity index (χ4n) is 1.75. The lowest BCUT2D eigenvalue weighted by Gasteiger charge is -2.06. The maximum absolute atomic E-state index is 13.4. The molecule has 2 amide bonds. The Morgan fingerprint density at radius 1 is 1.05 bits per heavy atom. The summed E-state index contributed by atoms with van der Waals surface area (Å²) in [4.78, 5) is 11.6. The minimum Gasteiger partial charge on any atom is -0.314 e. The second kappa shape index (κ2) is 6.65. The van der Waals surface area contributed by atoms with Gasteiger partial charge >= 0.3 is 6.03 Å². The molecule has 2 N–H and O–H groups in total. The SMILES string of the molecule is Cc1ccccc1/C=C/NC(=O)Nc1c(F)cccc1F. The maximum atomic E-state index is 13.4. The number of anilines is 1. The monoisotopic (exact) mass is 288 g/mol. The number of urea groups is 1. The van der Waals surface area contributed by atoms with Crippen molar-refractivity contribution in [2.24, 2.45) is 0 Å². The van der Waals surface area contributed by atoms with E-state index in [2.05, 4.69) is 10.6 Å². The standard InChI is InChI=1S/C16H14F2N2O/c1-11-5-2-3-6-12(11)9-10-19-16(21)20-15-13(17)7-4-8-14(15)18/h2-10H,1H3,(H2,19,20,21)/b10-9+. The number of nitrogens with one attached hydrogen (secondary N) is 2. The molecular weight excluding hydrogens is 274 g/mol. The highest BCUT2D eigenvalue weighted by molar-refractivity contribution is 5.90. The molecule has 21 heavy (non-hydrogen) atoms. The zero-order valence-corrected chi connectivity index (χ0v) is 11.4. The number of rotatable bonds is 3. The van der Waals surface area contributed by atoms with Gasteiger partial charge in [-0.2, -0.15) is 0 Å². The number of hydrogen-bond donors (Lipinski definition) is 2. The number of carbonyl (C=O) groups excluding carboxylic acids is 1. The first kappa shape index (κ1) is 14.7. The average molecular weight is 288 g/mol. The molecule has 108 valence electrons. The van der Waals surface area contributed by atoms with Gasteiger partial charge in [0, 0.05) is 6.20 Å². The highest BCUT2D eigenvalue weighted by Crippen LogP contribution is 2.17. The van der Waals surface area contributed by atoms with Gasteiger partial charge in [-0.25, -0.2) is 13.6 Å². The molecule has 0 saturated heterocycles. The molecule has 0 aliphatic carbocycles. The molecule has 0 unspecified atom stereocenters. The van der Waals surface area contributed by atoms with Crippen LogP contribution in [0.15, 0.2) is 48.7 Å². The third kappa shape index (κ3) is 3.89. The van der Waals surface area contributed by atoms with E-state index in [0.717, 1.165) is 23.3 Å². The van der Waals surface area contributed by atoms with Crippen LogP contribution in [-0.4, -0.2) is 6.03 Å². The number of para-hydroxylation sites is 1. The van der Waals surface area contributed by atoms with E-state index in [1.165, 1.54) is 12.3 Å². The van der Waals surface area contributed by atoms with Crippen LogP contribution in [0.5, 0.6) is 0 Å². The molecule has 0 saturated carbocycles. The minimum atomic E-state index is -0.826. The quantitative estimate of drug-likeness (QED) is 0.878. The van der Waals surface area contributed by atoms with E-state index < -0.39 is 23.4 Å². The minimum absolute atomic E-state index is 0.473. The summed E-state index contributed by atoms with van der Waals surface area (Å²) in [5.74, 6) is -1.65. The Hall–Kier alpha value is -2.69. The Bertz CT molecular complexity index is 663. The van der Waals surface area contributed by atoms with Gasteiger partial charge in [-0.3, -0.25) is 0 Å². The molecule has 0 atom stereocenters. The lowest BCUT2D eigenvalue weighted by molar-refractivity contribution is 0.255. The predicted octanol–water partition coefficient (Wildman–Crippen LogP) is 4.07. The van der Waals surface area contributed by atoms with Gasteiger partial charge in [-0.1, -0.05) is 30.3 Å². The van der Waals surface area contributed by atoms with Crippen molar-refractivity contribution in [3.8, 4) is 0 Å². The van der Waals surface area contributed by atoms with E-state index in [4.69, 9.17) is 0 Å². The van der Waals surface area contributed by atoms with Crippen LogP contribution in [-0.2, 0) is 0 Å². The lowest BCUT2D eigenvalue weighted by atomic mass is 10.1. The molecule has 0 radical (unpaired) electrons. The fourth-order valence-corrected chi connectivity index (χ4v) is 1.75. The molecule has 0 bridgehead atoms. The largest absolute Gasteiger partial charge is 0.323 e. The first-order valence-corrected chi connectivity index (χ1v) is 6.31. The van der Waals surface area contributed by atoms with Crippen molar-refractivity contribution in [1.82, 2.24) is 5.32 Å². The van der Waals surface area contributed by atoms with Crippen molar-refractivity contribution < 1.29 is 13.6 Å². The molecule has 2 aromatic carbocycles. The summed E-state index contributed by atoms with van der Waals surface area (Å²) in [5, 5.41) is 4.53. The predicted molar refractivity (Wildman–Crippen MR) is 78.7 cm³/mol. The van der Waals surface area contributed by atoms with Crippen molar-refractivity contribution in [2.45, 2.75) is 6.92 Å². The van der Waals surface area contributed by atoms with Crippen LogP contribution < -0.4 is 10.6 Å². The number of amides is 2. The van der Waals surface area contributed by atoms with Crippen molar-refractivity contribution in [2.75, 3.05) is 5.32 Å². The van der Waals surface area contributed by atoms with E-state index in [0.29, 0.717) is 0 Å². The van der Waals surface area contributed by atoms with Crippen LogP contribution in [0.1, 0.15) is 11.1 Å². The topological polar surface area (TPSA) is 41.1 Å². The van der Waals surface area contributed by atoms with Gasteiger partial charge in [-0.05, 0) is 36.3 Å². The zero-order chi connectivity index (χ0) is 15.2. The molecule has 0 aromatic heterocycles. The summed E-state index contributed by atoms with van der Waals surface area (Å²) in [5.41, 5.74) is 1.52. The van der Waals surface area contributed by atoms with Gasteiger partial charge in [0.05, 0.1) is 0 Å². The molecule has 0 heterocycles. The van der Waals surface area contributed by atoms with Crippen LogP contribution in [0.25, 0.3) is 6.08 Å².